The van der Waals surface area contributed by atoms with Crippen molar-refractivity contribution in [1.29, 1.82) is 0 Å². The first-order valence-electron chi connectivity index (χ1n) is 5.30. The van der Waals surface area contributed by atoms with Crippen molar-refractivity contribution in [2.24, 2.45) is 0 Å². The van der Waals surface area contributed by atoms with Crippen LogP contribution in [0.15, 0.2) is 18.2 Å². The van der Waals surface area contributed by atoms with Gasteiger partial charge in [0.05, 0.1) is 6.61 Å². The van der Waals surface area contributed by atoms with Crippen molar-refractivity contribution in [2.45, 2.75) is 46.1 Å². The Hall–Kier alpha value is -0.820. The van der Waals surface area contributed by atoms with Crippen LogP contribution in [0.4, 0.5) is 0 Å². The van der Waals surface area contributed by atoms with Crippen LogP contribution >= 0.6 is 0 Å². The van der Waals surface area contributed by atoms with Gasteiger partial charge in [0.25, 0.3) is 0 Å². The molecule has 0 saturated heterocycles. The molecule has 1 N–H and O–H groups in total. The van der Waals surface area contributed by atoms with Crippen molar-refractivity contribution < 1.29 is 5.11 Å². The second-order valence-corrected chi connectivity index (χ2v) is 4.38. The van der Waals surface area contributed by atoms with Gasteiger partial charge >= 0.3 is 0 Å². The summed E-state index contributed by atoms with van der Waals surface area (Å²) in [6, 6.07) is 6.31. The Balaban J connectivity index is 3.25. The fraction of sp³-hybridized carbons (Fsp3) is 0.538. The topological polar surface area (TPSA) is 20.2 Å². The van der Waals surface area contributed by atoms with Crippen LogP contribution in [0, 0.1) is 0 Å². The Bertz CT molecular complexity index is 274. The molecule has 0 aliphatic carbocycles. The molecule has 0 aliphatic rings. The number of hydrogen-bond donors (Lipinski definition) is 1. The summed E-state index contributed by atoms with van der Waals surface area (Å²) < 4.78 is 0. The van der Waals surface area contributed by atoms with Crippen LogP contribution in [0.25, 0.3) is 0 Å². The maximum absolute atomic E-state index is 9.40. The molecule has 0 fully saturated rings. The molecule has 0 spiro atoms. The van der Waals surface area contributed by atoms with Crippen molar-refractivity contribution >= 4 is 0 Å². The quantitative estimate of drug-likeness (QED) is 0.778. The summed E-state index contributed by atoms with van der Waals surface area (Å²) in [6.45, 7) is 8.82. The highest BCUT2D eigenvalue weighted by Crippen LogP contribution is 2.27. The first-order valence-corrected chi connectivity index (χ1v) is 5.30. The fourth-order valence-electron chi connectivity index (χ4n) is 1.89. The molecule has 1 aromatic carbocycles. The molecule has 14 heavy (non-hydrogen) atoms. The molecule has 0 aliphatic heterocycles. The summed E-state index contributed by atoms with van der Waals surface area (Å²) in [5.74, 6) is 0.965. The Morgan fingerprint density at radius 2 is 1.43 bits per heavy atom. The van der Waals surface area contributed by atoms with Gasteiger partial charge in [0.1, 0.15) is 0 Å². The fourth-order valence-corrected chi connectivity index (χ4v) is 1.89. The Morgan fingerprint density at radius 1 is 1.00 bits per heavy atom. The van der Waals surface area contributed by atoms with Crippen LogP contribution in [0.2, 0.25) is 0 Å². The Kier molecular flexibility index (Phi) is 3.70. The third kappa shape index (κ3) is 2.16. The van der Waals surface area contributed by atoms with Crippen molar-refractivity contribution in [3.05, 3.63) is 34.9 Å². The zero-order valence-electron chi connectivity index (χ0n) is 9.54. The molecule has 1 rings (SSSR count). The number of benzene rings is 1. The maximum atomic E-state index is 9.40. The smallest absolute Gasteiger partial charge is 0.0687 e. The minimum Gasteiger partial charge on any atom is -0.392 e. The number of aliphatic hydroxyl groups excluding tert-OH is 1. The lowest BCUT2D eigenvalue weighted by Crippen LogP contribution is -2.02. The van der Waals surface area contributed by atoms with E-state index in [0.29, 0.717) is 11.8 Å². The van der Waals surface area contributed by atoms with Gasteiger partial charge in [-0.05, 0) is 28.5 Å². The minimum atomic E-state index is 0.155. The number of hydrogen-bond acceptors (Lipinski definition) is 1. The normalized spacial score (nSPS) is 11.4. The van der Waals surface area contributed by atoms with E-state index in [1.165, 1.54) is 11.1 Å². The SMILES string of the molecule is CC(C)c1cccc(C(C)C)c1CO. The molecule has 0 unspecified atom stereocenters. The van der Waals surface area contributed by atoms with Gasteiger partial charge in [0.2, 0.25) is 0 Å². The second kappa shape index (κ2) is 4.61. The van der Waals surface area contributed by atoms with E-state index in [-0.39, 0.29) is 6.61 Å². The summed E-state index contributed by atoms with van der Waals surface area (Å²) in [4.78, 5) is 0. The molecule has 0 heterocycles. The lowest BCUT2D eigenvalue weighted by atomic mass is 9.89. The van der Waals surface area contributed by atoms with Gasteiger partial charge in [0, 0.05) is 0 Å². The van der Waals surface area contributed by atoms with E-state index in [0.717, 1.165) is 5.56 Å². The van der Waals surface area contributed by atoms with Crippen molar-refractivity contribution in [3.63, 3.8) is 0 Å². The van der Waals surface area contributed by atoms with E-state index in [1.807, 2.05) is 0 Å². The van der Waals surface area contributed by atoms with E-state index in [2.05, 4.69) is 45.9 Å². The molecule has 1 heteroatoms. The summed E-state index contributed by atoms with van der Waals surface area (Å²) >= 11 is 0. The van der Waals surface area contributed by atoms with Crippen LogP contribution in [-0.4, -0.2) is 5.11 Å². The Labute approximate surface area is 86.8 Å². The summed E-state index contributed by atoms with van der Waals surface area (Å²) in [5.41, 5.74) is 3.68. The molecule has 78 valence electrons. The van der Waals surface area contributed by atoms with Gasteiger partial charge in [-0.1, -0.05) is 45.9 Å². The highest BCUT2D eigenvalue weighted by molar-refractivity contribution is 5.38. The van der Waals surface area contributed by atoms with Crippen LogP contribution in [0.3, 0.4) is 0 Å². The molecular formula is C13H20O. The van der Waals surface area contributed by atoms with Gasteiger partial charge in [0.15, 0.2) is 0 Å². The summed E-state index contributed by atoms with van der Waals surface area (Å²) in [6.07, 6.45) is 0. The average molecular weight is 192 g/mol. The van der Waals surface area contributed by atoms with Gasteiger partial charge in [-0.3, -0.25) is 0 Å². The monoisotopic (exact) mass is 192 g/mol. The average Bonchev–Trinajstić information content (AvgIpc) is 2.16. The van der Waals surface area contributed by atoms with Gasteiger partial charge in [-0.25, -0.2) is 0 Å². The molecule has 1 aromatic rings. The highest BCUT2D eigenvalue weighted by atomic mass is 16.3. The first kappa shape index (κ1) is 11.3. The van der Waals surface area contributed by atoms with E-state index in [9.17, 15) is 5.11 Å². The zero-order valence-corrected chi connectivity index (χ0v) is 9.54. The number of aliphatic hydroxyl groups is 1. The van der Waals surface area contributed by atoms with Gasteiger partial charge < -0.3 is 5.11 Å². The van der Waals surface area contributed by atoms with Crippen LogP contribution < -0.4 is 0 Å². The third-order valence-corrected chi connectivity index (χ3v) is 2.65. The first-order chi connectivity index (χ1) is 6.57. The van der Waals surface area contributed by atoms with E-state index in [4.69, 9.17) is 0 Å². The minimum absolute atomic E-state index is 0.155. The van der Waals surface area contributed by atoms with Crippen LogP contribution in [0.1, 0.15) is 56.2 Å². The largest absolute Gasteiger partial charge is 0.392 e. The van der Waals surface area contributed by atoms with Gasteiger partial charge in [-0.2, -0.15) is 0 Å². The van der Waals surface area contributed by atoms with E-state index >= 15 is 0 Å². The van der Waals surface area contributed by atoms with Crippen LogP contribution in [0.5, 0.6) is 0 Å². The van der Waals surface area contributed by atoms with Crippen molar-refractivity contribution in [1.82, 2.24) is 0 Å². The van der Waals surface area contributed by atoms with E-state index in [1.54, 1.807) is 0 Å². The number of rotatable bonds is 3. The molecule has 0 amide bonds. The lowest BCUT2D eigenvalue weighted by Gasteiger charge is -2.17. The van der Waals surface area contributed by atoms with Crippen molar-refractivity contribution in [2.75, 3.05) is 0 Å². The molecule has 1 nitrogen and oxygen atoms in total. The molecule has 0 saturated carbocycles. The predicted octanol–water partition coefficient (Wildman–Crippen LogP) is 3.43. The lowest BCUT2D eigenvalue weighted by molar-refractivity contribution is 0.278. The van der Waals surface area contributed by atoms with E-state index < -0.39 is 0 Å². The zero-order chi connectivity index (χ0) is 10.7. The highest BCUT2D eigenvalue weighted by Gasteiger charge is 2.11. The maximum Gasteiger partial charge on any atom is 0.0687 e. The van der Waals surface area contributed by atoms with Gasteiger partial charge in [-0.15, -0.1) is 0 Å². The summed E-state index contributed by atoms with van der Waals surface area (Å²) in [7, 11) is 0. The summed E-state index contributed by atoms with van der Waals surface area (Å²) in [5, 5.41) is 9.40. The molecule has 0 radical (unpaired) electrons. The van der Waals surface area contributed by atoms with Crippen LogP contribution in [-0.2, 0) is 6.61 Å². The van der Waals surface area contributed by atoms with Crippen molar-refractivity contribution in [3.8, 4) is 0 Å². The standard InChI is InChI=1S/C13H20O/c1-9(2)11-6-5-7-12(10(3)4)13(11)8-14/h5-7,9-10,14H,8H2,1-4H3. The second-order valence-electron chi connectivity index (χ2n) is 4.38. The Morgan fingerprint density at radius 3 is 1.71 bits per heavy atom. The molecule has 0 bridgehead atoms. The third-order valence-electron chi connectivity index (χ3n) is 2.65. The molecular weight excluding hydrogens is 172 g/mol. The predicted molar refractivity (Wildman–Crippen MR) is 60.5 cm³/mol. The molecule has 0 aromatic heterocycles. The molecule has 0 atom stereocenters.